The van der Waals surface area contributed by atoms with Gasteiger partial charge in [-0.05, 0) is 71.4 Å². The van der Waals surface area contributed by atoms with Crippen LogP contribution < -0.4 is 0 Å². The van der Waals surface area contributed by atoms with Crippen molar-refractivity contribution in [1.82, 2.24) is 19.9 Å². The zero-order chi connectivity index (χ0) is 30.4. The molecule has 0 N–H and O–H groups in total. The van der Waals surface area contributed by atoms with E-state index in [1.165, 1.54) is 16.7 Å². The zero-order valence-corrected chi connectivity index (χ0v) is 25.1. The molecule has 0 fully saturated rings. The van der Waals surface area contributed by atoms with Gasteiger partial charge in [0.2, 0.25) is 0 Å². The van der Waals surface area contributed by atoms with E-state index in [0.29, 0.717) is 5.82 Å². The molecule has 0 saturated carbocycles. The Kier molecular flexibility index (Phi) is 8.02. The molecule has 1 aliphatic carbocycles. The number of aromatic nitrogens is 4. The minimum atomic E-state index is 0.679. The van der Waals surface area contributed by atoms with Crippen LogP contribution in [0.4, 0.5) is 0 Å². The summed E-state index contributed by atoms with van der Waals surface area (Å²) in [5, 5.41) is 0. The Morgan fingerprint density at radius 3 is 1.87 bits per heavy atom. The number of nitrogens with zero attached hydrogens (tertiary/aromatic N) is 4. The van der Waals surface area contributed by atoms with Gasteiger partial charge in [0, 0.05) is 40.9 Å². The number of allylic oxidation sites excluding steroid dienone is 6. The van der Waals surface area contributed by atoms with E-state index < -0.39 is 0 Å². The van der Waals surface area contributed by atoms with Gasteiger partial charge in [0.15, 0.2) is 5.82 Å². The van der Waals surface area contributed by atoms with Crippen LogP contribution >= 0.6 is 0 Å². The lowest BCUT2D eigenvalue weighted by molar-refractivity contribution is 0.977. The van der Waals surface area contributed by atoms with Crippen molar-refractivity contribution in [1.29, 1.82) is 0 Å². The predicted molar refractivity (Wildman–Crippen MR) is 185 cm³/mol. The van der Waals surface area contributed by atoms with E-state index >= 15 is 0 Å². The fourth-order valence-corrected chi connectivity index (χ4v) is 5.80. The van der Waals surface area contributed by atoms with Gasteiger partial charge in [0.05, 0.1) is 5.69 Å². The second-order valence-corrected chi connectivity index (χ2v) is 11.2. The van der Waals surface area contributed by atoms with Crippen molar-refractivity contribution in [2.75, 3.05) is 0 Å². The van der Waals surface area contributed by atoms with Crippen LogP contribution in [-0.2, 0) is 0 Å². The van der Waals surface area contributed by atoms with E-state index in [9.17, 15) is 0 Å². The van der Waals surface area contributed by atoms with Crippen LogP contribution in [0.3, 0.4) is 0 Å². The van der Waals surface area contributed by atoms with Crippen LogP contribution in [0.2, 0.25) is 0 Å². The Labute approximate surface area is 264 Å². The molecule has 45 heavy (non-hydrogen) atoms. The quantitative estimate of drug-likeness (QED) is 0.197. The first kappa shape index (κ1) is 28.1. The molecule has 0 radical (unpaired) electrons. The summed E-state index contributed by atoms with van der Waals surface area (Å²) in [7, 11) is 0. The average Bonchev–Trinajstić information content (AvgIpc) is 3.11. The van der Waals surface area contributed by atoms with E-state index in [2.05, 4.69) is 132 Å². The summed E-state index contributed by atoms with van der Waals surface area (Å²) >= 11 is 0. The van der Waals surface area contributed by atoms with Crippen molar-refractivity contribution in [3.05, 3.63) is 169 Å². The van der Waals surface area contributed by atoms with Crippen LogP contribution in [0.15, 0.2) is 158 Å². The van der Waals surface area contributed by atoms with Gasteiger partial charge in [-0.1, -0.05) is 115 Å². The van der Waals surface area contributed by atoms with Crippen molar-refractivity contribution < 1.29 is 0 Å². The van der Waals surface area contributed by atoms with Crippen molar-refractivity contribution in [3.63, 3.8) is 0 Å². The van der Waals surface area contributed by atoms with Crippen LogP contribution in [0.1, 0.15) is 31.2 Å². The van der Waals surface area contributed by atoms with Gasteiger partial charge in [0.1, 0.15) is 6.33 Å². The first-order valence-electron chi connectivity index (χ1n) is 15.3. The third-order valence-corrected chi connectivity index (χ3v) is 8.19. The first-order chi connectivity index (χ1) is 22.2. The Morgan fingerprint density at radius 2 is 1.18 bits per heavy atom. The molecule has 4 heteroatoms. The van der Waals surface area contributed by atoms with Crippen LogP contribution in [-0.4, -0.2) is 19.9 Å². The summed E-state index contributed by atoms with van der Waals surface area (Å²) < 4.78 is 0. The van der Waals surface area contributed by atoms with Gasteiger partial charge < -0.3 is 0 Å². The van der Waals surface area contributed by atoms with E-state index in [4.69, 9.17) is 9.97 Å². The highest BCUT2D eigenvalue weighted by molar-refractivity contribution is 5.89. The van der Waals surface area contributed by atoms with Crippen LogP contribution in [0.25, 0.3) is 55.8 Å². The molecule has 0 spiro atoms. The molecule has 6 aromatic rings. The molecule has 7 rings (SSSR count). The molecule has 0 aliphatic heterocycles. The second-order valence-electron chi connectivity index (χ2n) is 11.2. The molecular weight excluding hydrogens is 548 g/mol. The van der Waals surface area contributed by atoms with Crippen molar-refractivity contribution in [2.45, 2.75) is 19.8 Å². The monoisotopic (exact) mass is 580 g/mol. The lowest BCUT2D eigenvalue weighted by Crippen LogP contribution is -2.00. The molecule has 4 aromatic carbocycles. The average molecular weight is 581 g/mol. The Balaban J connectivity index is 1.40. The maximum Gasteiger partial charge on any atom is 0.159 e. The third kappa shape index (κ3) is 6.17. The smallest absolute Gasteiger partial charge is 0.159 e. The summed E-state index contributed by atoms with van der Waals surface area (Å²) in [4.78, 5) is 18.9. The van der Waals surface area contributed by atoms with Crippen LogP contribution in [0.5, 0.6) is 0 Å². The van der Waals surface area contributed by atoms with E-state index in [1.807, 2.05) is 30.7 Å². The fraction of sp³-hybridized carbons (Fsp3) is 0.0732. The van der Waals surface area contributed by atoms with Gasteiger partial charge in [0.25, 0.3) is 0 Å². The Bertz CT molecular complexity index is 2040. The molecule has 4 nitrogen and oxygen atoms in total. The fourth-order valence-electron chi connectivity index (χ4n) is 5.80. The van der Waals surface area contributed by atoms with Crippen LogP contribution in [0, 0.1) is 0 Å². The zero-order valence-electron chi connectivity index (χ0n) is 25.1. The van der Waals surface area contributed by atoms with Gasteiger partial charge in [-0.2, -0.15) is 0 Å². The lowest BCUT2D eigenvalue weighted by Gasteiger charge is -2.15. The van der Waals surface area contributed by atoms with E-state index in [1.54, 1.807) is 6.33 Å². The largest absolute Gasteiger partial charge is 0.244 e. The van der Waals surface area contributed by atoms with Crippen molar-refractivity contribution >= 4 is 11.1 Å². The summed E-state index contributed by atoms with van der Waals surface area (Å²) in [6.45, 7) is 2.18. The normalized spacial score (nSPS) is 13.2. The summed E-state index contributed by atoms with van der Waals surface area (Å²) in [5.74, 6) is 0.679. The maximum absolute atomic E-state index is 5.32. The second kappa shape index (κ2) is 12.9. The molecule has 1 aliphatic rings. The lowest BCUT2D eigenvalue weighted by atomic mass is 9.94. The number of rotatable bonds is 6. The maximum atomic E-state index is 5.32. The van der Waals surface area contributed by atoms with E-state index in [0.717, 1.165) is 63.1 Å². The molecule has 2 aromatic heterocycles. The summed E-state index contributed by atoms with van der Waals surface area (Å²) in [6.07, 6.45) is 15.7. The molecule has 216 valence electrons. The molecule has 0 unspecified atom stereocenters. The summed E-state index contributed by atoms with van der Waals surface area (Å²) in [5.41, 5.74) is 13.0. The number of hydrogen-bond donors (Lipinski definition) is 0. The van der Waals surface area contributed by atoms with Gasteiger partial charge in [-0.3, -0.25) is 0 Å². The summed E-state index contributed by atoms with van der Waals surface area (Å²) in [6, 6.07) is 38.2. The molecule has 0 atom stereocenters. The Hall–Kier alpha value is -5.74. The number of benzene rings is 4. The van der Waals surface area contributed by atoms with Crippen molar-refractivity contribution in [2.24, 2.45) is 0 Å². The molecule has 2 heterocycles. The molecular formula is C41H32N4. The third-order valence-electron chi connectivity index (χ3n) is 8.19. The number of hydrogen-bond acceptors (Lipinski definition) is 4. The van der Waals surface area contributed by atoms with Crippen molar-refractivity contribution in [3.8, 4) is 44.6 Å². The molecule has 0 bridgehead atoms. The molecule has 0 saturated heterocycles. The van der Waals surface area contributed by atoms with Gasteiger partial charge >= 0.3 is 0 Å². The molecule has 0 amide bonds. The highest BCUT2D eigenvalue weighted by atomic mass is 14.9. The van der Waals surface area contributed by atoms with Gasteiger partial charge in [-0.15, -0.1) is 0 Å². The standard InChI is InChI=1S/C41H32N4/c1-29-12-8-9-17-36(24-38(29)37-25-42-28-43-26-37)41-44-27-39(34-20-10-18-32(22-34)30-13-4-2-5-14-30)40(45-41)35-21-11-19-33(23-35)31-15-6-3-7-16-31/h2-7,9-11,13-28H,8,12H2,1H3. The minimum absolute atomic E-state index is 0.679. The highest BCUT2D eigenvalue weighted by Crippen LogP contribution is 2.36. The minimum Gasteiger partial charge on any atom is -0.244 e. The Morgan fingerprint density at radius 1 is 0.578 bits per heavy atom. The first-order valence-corrected chi connectivity index (χ1v) is 15.3. The van der Waals surface area contributed by atoms with E-state index in [-0.39, 0.29) is 0 Å². The SMILES string of the molecule is CC1=C(c2cncnc2)C=C(c2ncc(-c3cccc(-c4ccccc4)c3)c(-c3cccc(-c4ccccc4)c3)n2)C=CCC1. The predicted octanol–water partition coefficient (Wildman–Crippen LogP) is 10.1. The topological polar surface area (TPSA) is 51.6 Å². The highest BCUT2D eigenvalue weighted by Gasteiger charge is 2.17. The van der Waals surface area contributed by atoms with Gasteiger partial charge in [-0.25, -0.2) is 19.9 Å².